The van der Waals surface area contributed by atoms with Crippen LogP contribution < -0.4 is 5.73 Å². The molecule has 3 N–H and O–H groups in total. The highest BCUT2D eigenvalue weighted by Gasteiger charge is 2.17. The lowest BCUT2D eigenvalue weighted by molar-refractivity contribution is 0.165. The molecule has 0 radical (unpaired) electrons. The van der Waals surface area contributed by atoms with Crippen molar-refractivity contribution >= 4 is 11.9 Å². The molecule has 0 aliphatic rings. The van der Waals surface area contributed by atoms with Gasteiger partial charge < -0.3 is 15.5 Å². The minimum atomic E-state index is -0.0884. The van der Waals surface area contributed by atoms with E-state index in [0.717, 1.165) is 0 Å². The van der Waals surface area contributed by atoms with E-state index < -0.39 is 0 Å². The van der Waals surface area contributed by atoms with Gasteiger partial charge in [-0.15, -0.1) is 0 Å². The maximum atomic E-state index is 11.8. The number of hydrogen-bond acceptors (Lipinski definition) is 2. The van der Waals surface area contributed by atoms with E-state index in [1.54, 1.807) is 16.8 Å². The van der Waals surface area contributed by atoms with Crippen molar-refractivity contribution in [1.82, 2.24) is 9.80 Å². The lowest BCUT2D eigenvalue weighted by Crippen LogP contribution is -2.44. The van der Waals surface area contributed by atoms with Crippen molar-refractivity contribution < 1.29 is 4.79 Å². The molecule has 0 aliphatic carbocycles. The Morgan fingerprint density at radius 2 is 1.87 bits per heavy atom. The van der Waals surface area contributed by atoms with Gasteiger partial charge in [-0.05, 0) is 13.8 Å². The molecule has 5 heteroatoms. The van der Waals surface area contributed by atoms with Gasteiger partial charge in [0.25, 0.3) is 0 Å². The Balaban J connectivity index is 4.26. The van der Waals surface area contributed by atoms with Gasteiger partial charge in [-0.1, -0.05) is 6.92 Å². The van der Waals surface area contributed by atoms with Crippen molar-refractivity contribution in [2.24, 2.45) is 11.7 Å². The van der Waals surface area contributed by atoms with Crippen molar-refractivity contribution in [2.45, 2.75) is 20.8 Å². The van der Waals surface area contributed by atoms with E-state index in [4.69, 9.17) is 11.1 Å². The Labute approximate surface area is 91.7 Å². The number of hydrogen-bond donors (Lipinski definition) is 2. The highest BCUT2D eigenvalue weighted by atomic mass is 16.2. The van der Waals surface area contributed by atoms with Crippen LogP contribution in [-0.4, -0.2) is 48.3 Å². The number of nitrogens with one attached hydrogen (secondary N) is 1. The lowest BCUT2D eigenvalue weighted by atomic mass is 10.1. The Bertz CT molecular complexity index is 225. The number of amidine groups is 1. The summed E-state index contributed by atoms with van der Waals surface area (Å²) in [6.07, 6.45) is 0. The minimum Gasteiger partial charge on any atom is -0.387 e. The van der Waals surface area contributed by atoms with Crippen LogP contribution in [-0.2, 0) is 0 Å². The van der Waals surface area contributed by atoms with E-state index in [0.29, 0.717) is 19.6 Å². The average Bonchev–Trinajstić information content (AvgIpc) is 2.19. The fourth-order valence-electron chi connectivity index (χ4n) is 1.32. The van der Waals surface area contributed by atoms with Crippen LogP contribution in [0, 0.1) is 11.3 Å². The monoisotopic (exact) mass is 214 g/mol. The molecule has 2 amide bonds. The highest BCUT2D eigenvalue weighted by molar-refractivity contribution is 5.80. The number of nitrogens with zero attached hydrogens (tertiary/aromatic N) is 2. The Hall–Kier alpha value is -1.26. The molecule has 0 bridgehead atoms. The zero-order valence-corrected chi connectivity index (χ0v) is 10.1. The average molecular weight is 214 g/mol. The second kappa shape index (κ2) is 6.27. The number of rotatable bonds is 5. The molecule has 0 fully saturated rings. The first kappa shape index (κ1) is 13.7. The Morgan fingerprint density at radius 3 is 2.20 bits per heavy atom. The number of nitrogens with two attached hydrogens (primary N) is 1. The zero-order valence-electron chi connectivity index (χ0n) is 10.1. The van der Waals surface area contributed by atoms with Gasteiger partial charge in [0.05, 0.1) is 5.84 Å². The zero-order chi connectivity index (χ0) is 12.0. The third kappa shape index (κ3) is 4.18. The SMILES string of the molecule is CCN(CC)C(=O)N(C)CC(C)C(=N)N. The molecular formula is C10H22N4O. The van der Waals surface area contributed by atoms with Crippen molar-refractivity contribution in [3.05, 3.63) is 0 Å². The summed E-state index contributed by atoms with van der Waals surface area (Å²) < 4.78 is 0. The highest BCUT2D eigenvalue weighted by Crippen LogP contribution is 2.01. The number of urea groups is 1. The molecule has 0 spiro atoms. The summed E-state index contributed by atoms with van der Waals surface area (Å²) in [4.78, 5) is 15.2. The first-order chi connectivity index (χ1) is 6.93. The van der Waals surface area contributed by atoms with Crippen LogP contribution in [0.3, 0.4) is 0 Å². The molecule has 0 rings (SSSR count). The molecule has 0 aromatic carbocycles. The molecule has 15 heavy (non-hydrogen) atoms. The fraction of sp³-hybridized carbons (Fsp3) is 0.800. The second-order valence-electron chi connectivity index (χ2n) is 3.69. The van der Waals surface area contributed by atoms with Crippen molar-refractivity contribution in [3.63, 3.8) is 0 Å². The van der Waals surface area contributed by atoms with Gasteiger partial charge >= 0.3 is 6.03 Å². The van der Waals surface area contributed by atoms with Gasteiger partial charge in [0, 0.05) is 32.6 Å². The summed E-state index contributed by atoms with van der Waals surface area (Å²) in [5.41, 5.74) is 5.36. The predicted octanol–water partition coefficient (Wildman–Crippen LogP) is 0.952. The van der Waals surface area contributed by atoms with E-state index in [9.17, 15) is 4.79 Å². The van der Waals surface area contributed by atoms with Crippen LogP contribution in [0.4, 0.5) is 4.79 Å². The summed E-state index contributed by atoms with van der Waals surface area (Å²) >= 11 is 0. The van der Waals surface area contributed by atoms with Gasteiger partial charge in [-0.3, -0.25) is 5.41 Å². The van der Waals surface area contributed by atoms with Crippen LogP contribution in [0.2, 0.25) is 0 Å². The molecule has 0 saturated carbocycles. The van der Waals surface area contributed by atoms with Crippen molar-refractivity contribution in [3.8, 4) is 0 Å². The Kier molecular flexibility index (Phi) is 5.74. The smallest absolute Gasteiger partial charge is 0.319 e. The third-order valence-corrected chi connectivity index (χ3v) is 2.44. The molecule has 88 valence electrons. The maximum Gasteiger partial charge on any atom is 0.319 e. The van der Waals surface area contributed by atoms with E-state index in [-0.39, 0.29) is 17.8 Å². The van der Waals surface area contributed by atoms with Crippen molar-refractivity contribution in [1.29, 1.82) is 5.41 Å². The van der Waals surface area contributed by atoms with Crippen LogP contribution in [0.15, 0.2) is 0 Å². The van der Waals surface area contributed by atoms with Crippen LogP contribution in [0.1, 0.15) is 20.8 Å². The van der Waals surface area contributed by atoms with Gasteiger partial charge in [-0.25, -0.2) is 4.79 Å². The lowest BCUT2D eigenvalue weighted by Gasteiger charge is -2.27. The maximum absolute atomic E-state index is 11.8. The van der Waals surface area contributed by atoms with Gasteiger partial charge in [-0.2, -0.15) is 0 Å². The molecule has 0 saturated heterocycles. The second-order valence-corrected chi connectivity index (χ2v) is 3.69. The van der Waals surface area contributed by atoms with Crippen molar-refractivity contribution in [2.75, 3.05) is 26.7 Å². The summed E-state index contributed by atoms with van der Waals surface area (Å²) in [6.45, 7) is 7.63. The molecule has 5 nitrogen and oxygen atoms in total. The molecular weight excluding hydrogens is 192 g/mol. The summed E-state index contributed by atoms with van der Waals surface area (Å²) in [6, 6.07) is -0.00639. The topological polar surface area (TPSA) is 73.4 Å². The number of carbonyl (C=O) groups excluding carboxylic acids is 1. The van der Waals surface area contributed by atoms with Crippen LogP contribution >= 0.6 is 0 Å². The quantitative estimate of drug-likeness (QED) is 0.528. The fourth-order valence-corrected chi connectivity index (χ4v) is 1.32. The molecule has 0 heterocycles. The molecule has 0 aliphatic heterocycles. The summed E-state index contributed by atoms with van der Waals surface area (Å²) in [7, 11) is 1.74. The number of carbonyl (C=O) groups is 1. The van der Waals surface area contributed by atoms with Gasteiger partial charge in [0.15, 0.2) is 0 Å². The van der Waals surface area contributed by atoms with Crippen LogP contribution in [0.5, 0.6) is 0 Å². The standard InChI is InChI=1S/C10H22N4O/c1-5-14(6-2)10(15)13(4)7-8(3)9(11)12/h8H,5-7H2,1-4H3,(H3,11,12). The predicted molar refractivity (Wildman–Crippen MR) is 62.0 cm³/mol. The largest absolute Gasteiger partial charge is 0.387 e. The van der Waals surface area contributed by atoms with Gasteiger partial charge in [0.2, 0.25) is 0 Å². The molecule has 0 aromatic rings. The normalized spacial score (nSPS) is 12.0. The van der Waals surface area contributed by atoms with Crippen LogP contribution in [0.25, 0.3) is 0 Å². The summed E-state index contributed by atoms with van der Waals surface area (Å²) in [5, 5.41) is 7.26. The minimum absolute atomic E-state index is 0.00639. The first-order valence-corrected chi connectivity index (χ1v) is 5.27. The molecule has 0 aromatic heterocycles. The number of amides is 2. The third-order valence-electron chi connectivity index (χ3n) is 2.44. The summed E-state index contributed by atoms with van der Waals surface area (Å²) in [5.74, 6) is 0.0312. The molecule has 1 atom stereocenters. The van der Waals surface area contributed by atoms with E-state index in [1.807, 2.05) is 20.8 Å². The Morgan fingerprint density at radius 1 is 1.40 bits per heavy atom. The first-order valence-electron chi connectivity index (χ1n) is 5.27. The van der Waals surface area contributed by atoms with E-state index >= 15 is 0 Å². The van der Waals surface area contributed by atoms with E-state index in [2.05, 4.69) is 0 Å². The van der Waals surface area contributed by atoms with E-state index in [1.165, 1.54) is 0 Å². The van der Waals surface area contributed by atoms with Gasteiger partial charge in [0.1, 0.15) is 0 Å². The molecule has 1 unspecified atom stereocenters.